The summed E-state index contributed by atoms with van der Waals surface area (Å²) in [7, 11) is 1.59. The fourth-order valence-electron chi connectivity index (χ4n) is 3.76. The third kappa shape index (κ3) is 3.92. The van der Waals surface area contributed by atoms with E-state index in [0.717, 1.165) is 11.3 Å². The molecule has 0 spiro atoms. The zero-order chi connectivity index (χ0) is 20.5. The maximum Gasteiger partial charge on any atom is 0.227 e. The standard InChI is InChI=1S/C21H23N3O3S/c1-21(2)8-15-19(16(25)9-21)18(12-4-6-13(27-3)7-5-12)14(10-22)20(24-15)28-11-17(23)26/h4-7,18,24H,8-9,11H2,1-3H3,(H2,23,26)/t18-/m1/s1. The number of dihydropyridines is 1. The van der Waals surface area contributed by atoms with E-state index in [4.69, 9.17) is 10.5 Å². The highest BCUT2D eigenvalue weighted by molar-refractivity contribution is 8.03. The first kappa shape index (κ1) is 20.0. The Kier molecular flexibility index (Phi) is 5.52. The maximum atomic E-state index is 13.0. The van der Waals surface area contributed by atoms with Gasteiger partial charge in [0.15, 0.2) is 5.78 Å². The molecule has 1 aliphatic carbocycles. The third-order valence-electron chi connectivity index (χ3n) is 4.93. The molecule has 0 unspecified atom stereocenters. The van der Waals surface area contributed by atoms with Gasteiger partial charge in [0.05, 0.1) is 35.5 Å². The number of hydrogen-bond donors (Lipinski definition) is 2. The molecule has 0 fully saturated rings. The molecule has 0 saturated heterocycles. The van der Waals surface area contributed by atoms with Crippen molar-refractivity contribution in [1.29, 1.82) is 5.26 Å². The zero-order valence-corrected chi connectivity index (χ0v) is 17.0. The van der Waals surface area contributed by atoms with Crippen LogP contribution in [0.4, 0.5) is 0 Å². The number of methoxy groups -OCH3 is 1. The Hall–Kier alpha value is -2.72. The Bertz CT molecular complexity index is 923. The molecule has 1 heterocycles. The van der Waals surface area contributed by atoms with E-state index in [1.807, 2.05) is 24.3 Å². The lowest BCUT2D eigenvalue weighted by molar-refractivity contribution is -0.118. The van der Waals surface area contributed by atoms with Gasteiger partial charge in [-0.25, -0.2) is 0 Å². The SMILES string of the molecule is COc1ccc([C@@H]2C(C#N)=C(SCC(N)=O)NC3=C2C(=O)CC(C)(C)C3)cc1. The molecule has 6 nitrogen and oxygen atoms in total. The van der Waals surface area contributed by atoms with Gasteiger partial charge in [0.1, 0.15) is 5.75 Å². The van der Waals surface area contributed by atoms with E-state index in [1.165, 1.54) is 11.8 Å². The fraction of sp³-hybridized carbons (Fsp3) is 0.381. The van der Waals surface area contributed by atoms with Gasteiger partial charge in [0.2, 0.25) is 5.91 Å². The Morgan fingerprint density at radius 1 is 1.36 bits per heavy atom. The van der Waals surface area contributed by atoms with Gasteiger partial charge in [-0.3, -0.25) is 9.59 Å². The minimum atomic E-state index is -0.467. The van der Waals surface area contributed by atoms with E-state index in [-0.39, 0.29) is 17.0 Å². The van der Waals surface area contributed by atoms with Crippen LogP contribution in [0.2, 0.25) is 0 Å². The molecule has 3 rings (SSSR count). The lowest BCUT2D eigenvalue weighted by Crippen LogP contribution is -2.37. The van der Waals surface area contributed by atoms with Crippen LogP contribution in [0.5, 0.6) is 5.75 Å². The number of carbonyl (C=O) groups is 2. The number of nitrogens with two attached hydrogens (primary N) is 1. The number of nitrogens with zero attached hydrogens (tertiary/aromatic N) is 1. The first-order valence-corrected chi connectivity index (χ1v) is 9.97. The number of primary amides is 1. The minimum Gasteiger partial charge on any atom is -0.497 e. The summed E-state index contributed by atoms with van der Waals surface area (Å²) in [4.78, 5) is 24.3. The molecule has 2 aliphatic rings. The fourth-order valence-corrected chi connectivity index (χ4v) is 4.56. The number of nitrogens with one attached hydrogen (secondary N) is 1. The van der Waals surface area contributed by atoms with Crippen molar-refractivity contribution >= 4 is 23.5 Å². The van der Waals surface area contributed by atoms with Crippen LogP contribution in [0.15, 0.2) is 46.1 Å². The molecule has 7 heteroatoms. The highest BCUT2D eigenvalue weighted by Crippen LogP contribution is 2.47. The number of Topliss-reactive ketones (excluding diaryl/α,β-unsaturated/α-hetero) is 1. The van der Waals surface area contributed by atoms with Crippen LogP contribution in [-0.2, 0) is 9.59 Å². The molecule has 28 heavy (non-hydrogen) atoms. The van der Waals surface area contributed by atoms with Gasteiger partial charge in [-0.05, 0) is 29.5 Å². The van der Waals surface area contributed by atoms with Crippen molar-refractivity contribution in [2.45, 2.75) is 32.6 Å². The molecule has 0 radical (unpaired) electrons. The van der Waals surface area contributed by atoms with Gasteiger partial charge in [0, 0.05) is 17.7 Å². The Morgan fingerprint density at radius 2 is 2.04 bits per heavy atom. The summed E-state index contributed by atoms with van der Waals surface area (Å²) in [5.41, 5.74) is 7.88. The van der Waals surface area contributed by atoms with Gasteiger partial charge in [-0.1, -0.05) is 37.7 Å². The maximum absolute atomic E-state index is 13.0. The first-order valence-electron chi connectivity index (χ1n) is 8.98. The highest BCUT2D eigenvalue weighted by Gasteiger charge is 2.41. The second-order valence-electron chi connectivity index (χ2n) is 7.77. The summed E-state index contributed by atoms with van der Waals surface area (Å²) in [5.74, 6) is -0.119. The van der Waals surface area contributed by atoms with Crippen LogP contribution in [0.1, 0.15) is 38.2 Å². The number of allylic oxidation sites excluding steroid dienone is 3. The summed E-state index contributed by atoms with van der Waals surface area (Å²) < 4.78 is 5.23. The normalized spacial score (nSPS) is 20.9. The predicted molar refractivity (Wildman–Crippen MR) is 108 cm³/mol. The molecule has 0 aromatic heterocycles. The number of ketones is 1. The average Bonchev–Trinajstić information content (AvgIpc) is 2.64. The predicted octanol–water partition coefficient (Wildman–Crippen LogP) is 2.98. The minimum absolute atomic E-state index is 0.0475. The number of benzene rings is 1. The number of ether oxygens (including phenoxy) is 1. The van der Waals surface area contributed by atoms with Crippen LogP contribution in [0.25, 0.3) is 0 Å². The molecule has 1 aromatic carbocycles. The third-order valence-corrected chi connectivity index (χ3v) is 5.97. The van der Waals surface area contributed by atoms with Crippen LogP contribution >= 0.6 is 11.8 Å². The molecule has 0 bridgehead atoms. The van der Waals surface area contributed by atoms with Crippen molar-refractivity contribution < 1.29 is 14.3 Å². The number of rotatable bonds is 5. The van der Waals surface area contributed by atoms with E-state index in [9.17, 15) is 14.9 Å². The first-order chi connectivity index (χ1) is 13.3. The second kappa shape index (κ2) is 7.72. The summed E-state index contributed by atoms with van der Waals surface area (Å²) in [6, 6.07) is 9.65. The highest BCUT2D eigenvalue weighted by atomic mass is 32.2. The summed E-state index contributed by atoms with van der Waals surface area (Å²) in [6.45, 7) is 4.11. The van der Waals surface area contributed by atoms with Crippen molar-refractivity contribution in [2.75, 3.05) is 12.9 Å². The monoisotopic (exact) mass is 397 g/mol. The van der Waals surface area contributed by atoms with Gasteiger partial charge in [-0.15, -0.1) is 0 Å². The van der Waals surface area contributed by atoms with Crippen LogP contribution in [0, 0.1) is 16.7 Å². The smallest absolute Gasteiger partial charge is 0.227 e. The second-order valence-corrected chi connectivity index (χ2v) is 8.76. The van der Waals surface area contributed by atoms with Crippen molar-refractivity contribution in [3.05, 3.63) is 51.7 Å². The Morgan fingerprint density at radius 3 is 2.61 bits per heavy atom. The van der Waals surface area contributed by atoms with E-state index in [1.54, 1.807) is 7.11 Å². The lowest BCUT2D eigenvalue weighted by Gasteiger charge is -2.39. The summed E-state index contributed by atoms with van der Waals surface area (Å²) >= 11 is 1.20. The van der Waals surface area contributed by atoms with Crippen molar-refractivity contribution in [2.24, 2.45) is 11.1 Å². The number of hydrogen-bond acceptors (Lipinski definition) is 6. The Labute approximate surface area is 168 Å². The summed E-state index contributed by atoms with van der Waals surface area (Å²) in [5, 5.41) is 13.8. The molecular formula is C21H23N3O3S. The average molecular weight is 398 g/mol. The largest absolute Gasteiger partial charge is 0.497 e. The molecule has 1 atom stereocenters. The quantitative estimate of drug-likeness (QED) is 0.791. The number of thioether (sulfide) groups is 1. The number of carbonyl (C=O) groups excluding carboxylic acids is 2. The molecule has 1 aromatic rings. The van der Waals surface area contributed by atoms with Crippen molar-refractivity contribution in [3.8, 4) is 11.8 Å². The van der Waals surface area contributed by atoms with E-state index in [2.05, 4.69) is 25.2 Å². The molecule has 3 N–H and O–H groups in total. The lowest BCUT2D eigenvalue weighted by atomic mass is 9.69. The molecule has 0 saturated carbocycles. The van der Waals surface area contributed by atoms with Crippen LogP contribution in [-0.4, -0.2) is 24.6 Å². The van der Waals surface area contributed by atoms with Crippen LogP contribution < -0.4 is 15.8 Å². The molecule has 1 aliphatic heterocycles. The van der Waals surface area contributed by atoms with Crippen LogP contribution in [0.3, 0.4) is 0 Å². The topological polar surface area (TPSA) is 105 Å². The van der Waals surface area contributed by atoms with Gasteiger partial charge >= 0.3 is 0 Å². The zero-order valence-electron chi connectivity index (χ0n) is 16.2. The van der Waals surface area contributed by atoms with Crippen molar-refractivity contribution in [1.82, 2.24) is 5.32 Å². The van der Waals surface area contributed by atoms with Gasteiger partial charge in [-0.2, -0.15) is 5.26 Å². The van der Waals surface area contributed by atoms with Gasteiger partial charge < -0.3 is 15.8 Å². The molecule has 1 amide bonds. The van der Waals surface area contributed by atoms with Crippen molar-refractivity contribution in [3.63, 3.8) is 0 Å². The van der Waals surface area contributed by atoms with E-state index < -0.39 is 11.8 Å². The Balaban J connectivity index is 2.13. The molecular weight excluding hydrogens is 374 g/mol. The number of nitriles is 1. The summed E-state index contributed by atoms with van der Waals surface area (Å²) in [6.07, 6.45) is 1.13. The van der Waals surface area contributed by atoms with Gasteiger partial charge in [0.25, 0.3) is 0 Å². The van der Waals surface area contributed by atoms with E-state index >= 15 is 0 Å². The number of amides is 1. The van der Waals surface area contributed by atoms with E-state index in [0.29, 0.717) is 34.8 Å². The molecule has 146 valence electrons.